The molecule has 2 aromatic heterocycles. The van der Waals surface area contributed by atoms with Crippen molar-refractivity contribution in [3.05, 3.63) is 103 Å². The van der Waals surface area contributed by atoms with E-state index in [2.05, 4.69) is 9.72 Å². The van der Waals surface area contributed by atoms with E-state index >= 15 is 0 Å². The van der Waals surface area contributed by atoms with Gasteiger partial charge in [-0.1, -0.05) is 18.2 Å². The summed E-state index contributed by atoms with van der Waals surface area (Å²) in [6, 6.07) is 20.1. The van der Waals surface area contributed by atoms with Crippen molar-refractivity contribution in [2.75, 3.05) is 13.7 Å². The zero-order valence-electron chi connectivity index (χ0n) is 17.9. The molecule has 4 rings (SSSR count). The maximum Gasteiger partial charge on any atom is 0.343 e. The van der Waals surface area contributed by atoms with Crippen LogP contribution in [0.3, 0.4) is 0 Å². The van der Waals surface area contributed by atoms with Crippen molar-refractivity contribution in [3.8, 4) is 22.7 Å². The number of nitrogens with zero attached hydrogens (tertiary/aromatic N) is 3. The van der Waals surface area contributed by atoms with Gasteiger partial charge in [-0.15, -0.1) is 0 Å². The molecule has 33 heavy (non-hydrogen) atoms. The molecular weight excluding hydrogens is 418 g/mol. The second kappa shape index (κ2) is 10.2. The van der Waals surface area contributed by atoms with Gasteiger partial charge in [0.1, 0.15) is 11.4 Å². The van der Waals surface area contributed by atoms with Gasteiger partial charge in [-0.3, -0.25) is 9.78 Å². The van der Waals surface area contributed by atoms with Crippen LogP contribution in [0.25, 0.3) is 23.0 Å². The fourth-order valence-electron chi connectivity index (χ4n) is 3.13. The van der Waals surface area contributed by atoms with Crippen molar-refractivity contribution in [2.45, 2.75) is 0 Å². The molecule has 0 atom stereocenters. The number of carbonyl (C=O) groups is 2. The van der Waals surface area contributed by atoms with Crippen LogP contribution in [0.15, 0.2) is 91.4 Å². The van der Waals surface area contributed by atoms with Gasteiger partial charge in [-0.2, -0.15) is 5.10 Å². The van der Waals surface area contributed by atoms with E-state index in [0.29, 0.717) is 11.3 Å². The second-order valence-corrected chi connectivity index (χ2v) is 7.04. The number of pyridine rings is 1. The van der Waals surface area contributed by atoms with E-state index in [4.69, 9.17) is 9.84 Å². The van der Waals surface area contributed by atoms with Crippen LogP contribution in [-0.4, -0.2) is 40.2 Å². The molecule has 164 valence electrons. The van der Waals surface area contributed by atoms with Crippen LogP contribution in [0.4, 0.5) is 0 Å². The minimum absolute atomic E-state index is 0.167. The molecule has 0 aliphatic carbocycles. The molecule has 0 N–H and O–H groups in total. The van der Waals surface area contributed by atoms with Gasteiger partial charge in [-0.25, -0.2) is 9.48 Å². The average molecular weight is 439 g/mol. The molecule has 2 aromatic carbocycles. The van der Waals surface area contributed by atoms with Gasteiger partial charge < -0.3 is 9.47 Å². The van der Waals surface area contributed by atoms with E-state index < -0.39 is 5.97 Å². The topological polar surface area (TPSA) is 83.3 Å². The summed E-state index contributed by atoms with van der Waals surface area (Å²) >= 11 is 0. The van der Waals surface area contributed by atoms with Gasteiger partial charge in [0.2, 0.25) is 0 Å². The fourth-order valence-corrected chi connectivity index (χ4v) is 3.13. The summed E-state index contributed by atoms with van der Waals surface area (Å²) in [5.74, 6) is -0.165. The molecule has 0 aliphatic heterocycles. The highest BCUT2D eigenvalue weighted by atomic mass is 16.6. The Balaban J connectivity index is 1.56. The lowest BCUT2D eigenvalue weighted by Gasteiger charge is -2.05. The number of methoxy groups -OCH3 is 1. The smallest absolute Gasteiger partial charge is 0.343 e. The van der Waals surface area contributed by atoms with Gasteiger partial charge in [0.05, 0.1) is 12.8 Å². The Bertz CT molecular complexity index is 1260. The number of hydrogen-bond donors (Lipinski definition) is 0. The molecule has 0 saturated carbocycles. The molecule has 0 saturated heterocycles. The Kier molecular flexibility index (Phi) is 6.70. The lowest BCUT2D eigenvalue weighted by molar-refractivity contribution is -0.142. The molecule has 0 spiro atoms. The number of aromatic nitrogens is 3. The number of para-hydroxylation sites is 1. The van der Waals surface area contributed by atoms with Gasteiger partial charge in [0.25, 0.3) is 0 Å². The number of esters is 1. The first-order valence-electron chi connectivity index (χ1n) is 10.2. The van der Waals surface area contributed by atoms with E-state index in [1.807, 2.05) is 48.7 Å². The molecule has 7 nitrogen and oxygen atoms in total. The van der Waals surface area contributed by atoms with E-state index in [9.17, 15) is 9.59 Å². The summed E-state index contributed by atoms with van der Waals surface area (Å²) in [6.45, 7) is -0.188. The second-order valence-electron chi connectivity index (χ2n) is 7.04. The molecule has 0 unspecified atom stereocenters. The van der Waals surface area contributed by atoms with E-state index in [-0.39, 0.29) is 12.4 Å². The van der Waals surface area contributed by atoms with E-state index in [1.54, 1.807) is 47.4 Å². The van der Waals surface area contributed by atoms with Gasteiger partial charge in [-0.05, 0) is 60.7 Å². The van der Waals surface area contributed by atoms with Crippen LogP contribution >= 0.6 is 0 Å². The molecule has 2 heterocycles. The van der Waals surface area contributed by atoms with Crippen molar-refractivity contribution >= 4 is 17.8 Å². The van der Waals surface area contributed by atoms with Crippen molar-refractivity contribution in [1.29, 1.82) is 0 Å². The Morgan fingerprint density at radius 1 is 1.00 bits per heavy atom. The molecule has 4 aromatic rings. The molecule has 0 radical (unpaired) electrons. The Labute approximate surface area is 190 Å². The van der Waals surface area contributed by atoms with Crippen molar-refractivity contribution < 1.29 is 19.1 Å². The summed E-state index contributed by atoms with van der Waals surface area (Å²) in [4.78, 5) is 28.1. The predicted octanol–water partition coefficient (Wildman–Crippen LogP) is 4.38. The third-order valence-electron chi connectivity index (χ3n) is 4.84. The molecule has 0 aliphatic rings. The summed E-state index contributed by atoms with van der Waals surface area (Å²) in [5.41, 5.74) is 3.78. The lowest BCUT2D eigenvalue weighted by atomic mass is 10.1. The maximum atomic E-state index is 12.7. The largest absolute Gasteiger partial charge is 0.482 e. The highest BCUT2D eigenvalue weighted by Crippen LogP contribution is 2.24. The van der Waals surface area contributed by atoms with Crippen LogP contribution in [0.1, 0.15) is 15.9 Å². The Hall–Kier alpha value is -4.52. The minimum Gasteiger partial charge on any atom is -0.482 e. The number of benzene rings is 2. The highest BCUT2D eigenvalue weighted by Gasteiger charge is 2.11. The van der Waals surface area contributed by atoms with Crippen LogP contribution in [0.5, 0.6) is 5.75 Å². The maximum absolute atomic E-state index is 12.7. The minimum atomic E-state index is -0.474. The Morgan fingerprint density at radius 2 is 1.79 bits per heavy atom. The quantitative estimate of drug-likeness (QED) is 0.230. The first kappa shape index (κ1) is 21.7. The van der Waals surface area contributed by atoms with Crippen molar-refractivity contribution in [1.82, 2.24) is 14.8 Å². The first-order chi connectivity index (χ1) is 16.1. The van der Waals surface area contributed by atoms with Crippen LogP contribution in [-0.2, 0) is 9.53 Å². The van der Waals surface area contributed by atoms with E-state index in [0.717, 1.165) is 22.5 Å². The third-order valence-corrected chi connectivity index (χ3v) is 4.84. The predicted molar refractivity (Wildman–Crippen MR) is 124 cm³/mol. The molecule has 7 heteroatoms. The van der Waals surface area contributed by atoms with Crippen LogP contribution < -0.4 is 4.74 Å². The number of allylic oxidation sites excluding steroid dienone is 1. The number of ketones is 1. The monoisotopic (exact) mass is 439 g/mol. The van der Waals surface area contributed by atoms with Crippen LogP contribution in [0, 0.1) is 0 Å². The molecule has 0 bridgehead atoms. The number of carbonyl (C=O) groups excluding carboxylic acids is 2. The summed E-state index contributed by atoms with van der Waals surface area (Å²) < 4.78 is 11.6. The zero-order chi connectivity index (χ0) is 23.0. The van der Waals surface area contributed by atoms with Crippen LogP contribution in [0.2, 0.25) is 0 Å². The van der Waals surface area contributed by atoms with Gasteiger partial charge in [0, 0.05) is 35.3 Å². The highest BCUT2D eigenvalue weighted by molar-refractivity contribution is 6.07. The lowest BCUT2D eigenvalue weighted by Crippen LogP contribution is -2.12. The first-order valence-corrected chi connectivity index (χ1v) is 10.2. The number of rotatable bonds is 8. The zero-order valence-corrected chi connectivity index (χ0v) is 17.9. The van der Waals surface area contributed by atoms with Crippen molar-refractivity contribution in [2.24, 2.45) is 0 Å². The summed E-state index contributed by atoms with van der Waals surface area (Å²) in [5, 5.41) is 4.71. The van der Waals surface area contributed by atoms with E-state index in [1.165, 1.54) is 13.2 Å². The molecule has 0 amide bonds. The summed E-state index contributed by atoms with van der Waals surface area (Å²) in [6.07, 6.45) is 8.58. The Morgan fingerprint density at radius 3 is 2.48 bits per heavy atom. The fraction of sp³-hybridized carbons (Fsp3) is 0.0769. The van der Waals surface area contributed by atoms with Crippen molar-refractivity contribution in [3.63, 3.8) is 0 Å². The SMILES string of the molecule is COC(=O)COc1ccc(C(=O)/C=C/c2cn(-c3ccccc3)nc2-c2cccnc2)cc1. The normalized spacial score (nSPS) is 10.8. The third kappa shape index (κ3) is 5.40. The molecular formula is C26H21N3O4. The standard InChI is InChI=1S/C26H21N3O4/c1-32-25(31)18-33-23-12-9-19(10-13-23)24(30)14-11-21-17-29(22-7-3-2-4-8-22)28-26(21)20-6-5-15-27-16-20/h2-17H,18H2,1H3/b14-11+. The number of hydrogen-bond acceptors (Lipinski definition) is 6. The average Bonchev–Trinajstić information content (AvgIpc) is 3.31. The van der Waals surface area contributed by atoms with Gasteiger partial charge >= 0.3 is 5.97 Å². The number of ether oxygens (including phenoxy) is 2. The summed E-state index contributed by atoms with van der Waals surface area (Å²) in [7, 11) is 1.29. The molecule has 0 fully saturated rings. The van der Waals surface area contributed by atoms with Gasteiger partial charge in [0.15, 0.2) is 12.4 Å².